The summed E-state index contributed by atoms with van der Waals surface area (Å²) < 4.78 is 27.4. The van der Waals surface area contributed by atoms with Gasteiger partial charge in [0.1, 0.15) is 10.9 Å². The van der Waals surface area contributed by atoms with E-state index < -0.39 is 22.0 Å². The second-order valence-corrected chi connectivity index (χ2v) is 6.54. The topological polar surface area (TPSA) is 122 Å². The highest BCUT2D eigenvalue weighted by atomic mass is 32.2. The molecule has 0 saturated heterocycles. The van der Waals surface area contributed by atoms with Crippen LogP contribution >= 0.6 is 0 Å². The molecule has 1 rings (SSSR count). The number of nitrogens with zero attached hydrogens (tertiary/aromatic N) is 3. The Labute approximate surface area is 129 Å². The van der Waals surface area contributed by atoms with Crippen LogP contribution in [0.25, 0.3) is 0 Å². The van der Waals surface area contributed by atoms with Crippen LogP contribution in [0, 0.1) is 0 Å². The van der Waals surface area contributed by atoms with E-state index in [1.807, 2.05) is 0 Å². The summed E-state index contributed by atoms with van der Waals surface area (Å²) in [5.74, 6) is -1.59. The Morgan fingerprint density at radius 2 is 2.14 bits per heavy atom. The molecule has 1 unspecified atom stereocenters. The van der Waals surface area contributed by atoms with Crippen LogP contribution in [0.15, 0.2) is 17.3 Å². The summed E-state index contributed by atoms with van der Waals surface area (Å²) in [6, 6.07) is -1.26. The molecule has 0 aliphatic heterocycles. The van der Waals surface area contributed by atoms with Gasteiger partial charge >= 0.3 is 5.97 Å². The highest BCUT2D eigenvalue weighted by Gasteiger charge is 2.33. The normalized spacial score (nSPS) is 13.1. The first-order valence-electron chi connectivity index (χ1n) is 6.71. The monoisotopic (exact) mass is 332 g/mol. The van der Waals surface area contributed by atoms with E-state index in [-0.39, 0.29) is 23.9 Å². The molecule has 0 aliphatic rings. The van der Waals surface area contributed by atoms with Gasteiger partial charge in [-0.25, -0.2) is 8.42 Å². The van der Waals surface area contributed by atoms with Gasteiger partial charge in [0.15, 0.2) is 0 Å². The highest BCUT2D eigenvalue weighted by molar-refractivity contribution is 7.89. The Morgan fingerprint density at radius 1 is 1.50 bits per heavy atom. The van der Waals surface area contributed by atoms with Crippen LogP contribution in [0.2, 0.25) is 0 Å². The minimum absolute atomic E-state index is 0.0219. The number of aromatic nitrogens is 2. The van der Waals surface area contributed by atoms with Crippen LogP contribution in [0.4, 0.5) is 0 Å². The van der Waals surface area contributed by atoms with Gasteiger partial charge in [0, 0.05) is 32.8 Å². The minimum atomic E-state index is -4.01. The van der Waals surface area contributed by atoms with E-state index >= 15 is 0 Å². The zero-order chi connectivity index (χ0) is 16.9. The fourth-order valence-electron chi connectivity index (χ4n) is 1.77. The molecule has 1 aromatic heterocycles. The van der Waals surface area contributed by atoms with Gasteiger partial charge in [0.2, 0.25) is 15.9 Å². The molecule has 1 heterocycles. The predicted octanol–water partition coefficient (Wildman–Crippen LogP) is -0.497. The molecule has 0 radical (unpaired) electrons. The summed E-state index contributed by atoms with van der Waals surface area (Å²) >= 11 is 0. The molecule has 1 atom stereocenters. The molecule has 0 aliphatic carbocycles. The average Bonchev–Trinajstić information content (AvgIpc) is 2.91. The third-order valence-corrected chi connectivity index (χ3v) is 4.96. The van der Waals surface area contributed by atoms with Crippen molar-refractivity contribution >= 4 is 21.9 Å². The first-order chi connectivity index (χ1) is 10.2. The fraction of sp³-hybridized carbons (Fsp3) is 0.583. The summed E-state index contributed by atoms with van der Waals surface area (Å²) in [5.41, 5.74) is 0. The summed E-state index contributed by atoms with van der Waals surface area (Å²) in [6.45, 7) is 4.75. The van der Waals surface area contributed by atoms with Gasteiger partial charge < -0.3 is 10.4 Å². The maximum absolute atomic E-state index is 12.6. The molecule has 0 aromatic carbocycles. The number of carbonyl (C=O) groups is 2. The lowest BCUT2D eigenvalue weighted by Gasteiger charge is -2.25. The van der Waals surface area contributed by atoms with Gasteiger partial charge in [-0.2, -0.15) is 9.40 Å². The number of amides is 1. The van der Waals surface area contributed by atoms with Crippen molar-refractivity contribution in [3.8, 4) is 0 Å². The molecule has 2 N–H and O–H groups in total. The van der Waals surface area contributed by atoms with Gasteiger partial charge in [-0.05, 0) is 13.8 Å². The number of rotatable bonds is 8. The van der Waals surface area contributed by atoms with E-state index in [4.69, 9.17) is 5.11 Å². The number of carbonyl (C=O) groups excluding carboxylic acids is 1. The van der Waals surface area contributed by atoms with Crippen molar-refractivity contribution in [2.24, 2.45) is 0 Å². The van der Waals surface area contributed by atoms with Gasteiger partial charge in [-0.15, -0.1) is 0 Å². The maximum atomic E-state index is 12.6. The molecular weight excluding hydrogens is 312 g/mol. The Balaban J connectivity index is 3.06. The van der Waals surface area contributed by atoms with E-state index in [0.717, 1.165) is 4.31 Å². The first-order valence-corrected chi connectivity index (χ1v) is 8.15. The second kappa shape index (κ2) is 7.36. The molecule has 0 bridgehead atoms. The number of aryl methyl sites for hydroxylation is 1. The molecule has 9 nitrogen and oxygen atoms in total. The van der Waals surface area contributed by atoms with Gasteiger partial charge in [-0.3, -0.25) is 14.3 Å². The quantitative estimate of drug-likeness (QED) is 0.662. The Hall–Kier alpha value is -1.94. The van der Waals surface area contributed by atoms with E-state index in [2.05, 4.69) is 10.4 Å². The first kappa shape index (κ1) is 18.1. The van der Waals surface area contributed by atoms with Crippen molar-refractivity contribution < 1.29 is 23.1 Å². The van der Waals surface area contributed by atoms with Crippen LogP contribution in [0.3, 0.4) is 0 Å². The van der Waals surface area contributed by atoms with Crippen LogP contribution in [0.1, 0.15) is 20.8 Å². The van der Waals surface area contributed by atoms with E-state index in [9.17, 15) is 18.0 Å². The van der Waals surface area contributed by atoms with Crippen molar-refractivity contribution in [1.82, 2.24) is 19.4 Å². The van der Waals surface area contributed by atoms with E-state index in [1.54, 1.807) is 6.92 Å². The lowest BCUT2D eigenvalue weighted by atomic mass is 10.3. The maximum Gasteiger partial charge on any atom is 0.321 e. The van der Waals surface area contributed by atoms with Crippen LogP contribution in [-0.4, -0.2) is 58.6 Å². The average molecular weight is 332 g/mol. The van der Waals surface area contributed by atoms with Crippen molar-refractivity contribution in [3.63, 3.8) is 0 Å². The molecule has 22 heavy (non-hydrogen) atoms. The van der Waals surface area contributed by atoms with Crippen molar-refractivity contribution in [1.29, 1.82) is 0 Å². The Bertz CT molecular complexity index is 640. The van der Waals surface area contributed by atoms with Crippen molar-refractivity contribution in [3.05, 3.63) is 12.4 Å². The van der Waals surface area contributed by atoms with Gasteiger partial charge in [-0.1, -0.05) is 0 Å². The summed E-state index contributed by atoms with van der Waals surface area (Å²) in [6.07, 6.45) is 2.52. The molecule has 0 saturated carbocycles. The largest absolute Gasteiger partial charge is 0.480 e. The second-order valence-electron chi connectivity index (χ2n) is 4.64. The van der Waals surface area contributed by atoms with Crippen molar-refractivity contribution in [2.45, 2.75) is 38.3 Å². The fourth-order valence-corrected chi connectivity index (χ4v) is 3.32. The number of aliphatic carboxylic acids is 1. The van der Waals surface area contributed by atoms with E-state index in [1.165, 1.54) is 30.9 Å². The van der Waals surface area contributed by atoms with Crippen molar-refractivity contribution in [2.75, 3.05) is 13.1 Å². The summed E-state index contributed by atoms with van der Waals surface area (Å²) in [4.78, 5) is 22.0. The molecule has 1 aromatic rings. The summed E-state index contributed by atoms with van der Waals surface area (Å²) in [5, 5.41) is 15.4. The molecule has 1 amide bonds. The Morgan fingerprint density at radius 3 is 2.59 bits per heavy atom. The number of sulfonamides is 1. The smallest absolute Gasteiger partial charge is 0.321 e. The lowest BCUT2D eigenvalue weighted by molar-refractivity contribution is -0.140. The lowest BCUT2D eigenvalue weighted by Crippen LogP contribution is -2.46. The number of carboxylic acid groups (broad SMARTS) is 1. The predicted molar refractivity (Wildman–Crippen MR) is 77.6 cm³/mol. The molecule has 10 heteroatoms. The third-order valence-electron chi connectivity index (χ3n) is 3.04. The zero-order valence-electron chi connectivity index (χ0n) is 12.7. The highest BCUT2D eigenvalue weighted by Crippen LogP contribution is 2.17. The molecule has 0 spiro atoms. The molecule has 0 fully saturated rings. The summed E-state index contributed by atoms with van der Waals surface area (Å²) in [7, 11) is -4.01. The van der Waals surface area contributed by atoms with Crippen LogP contribution < -0.4 is 5.32 Å². The SMILES string of the molecule is CCn1cc(S(=O)(=O)N(CCNC(C)=O)C(C)C(=O)O)cn1. The van der Waals surface area contributed by atoms with Gasteiger partial charge in [0.05, 0.1) is 6.20 Å². The van der Waals surface area contributed by atoms with Gasteiger partial charge in [0.25, 0.3) is 0 Å². The van der Waals surface area contributed by atoms with Crippen LogP contribution in [0.5, 0.6) is 0 Å². The van der Waals surface area contributed by atoms with E-state index in [0.29, 0.717) is 6.54 Å². The Kier molecular flexibility index (Phi) is 6.06. The van der Waals surface area contributed by atoms with Crippen LogP contribution in [-0.2, 0) is 26.2 Å². The number of carboxylic acids is 1. The number of hydrogen-bond donors (Lipinski definition) is 2. The number of nitrogens with one attached hydrogen (secondary N) is 1. The number of hydrogen-bond acceptors (Lipinski definition) is 5. The molecular formula is C12H20N4O5S. The third kappa shape index (κ3) is 4.28. The standard InChI is InChI=1S/C12H20N4O5S/c1-4-15-8-11(7-14-15)22(20,21)16(9(2)12(18)19)6-5-13-10(3)17/h7-9H,4-6H2,1-3H3,(H,13,17)(H,18,19). The minimum Gasteiger partial charge on any atom is -0.480 e. The zero-order valence-corrected chi connectivity index (χ0v) is 13.5. The molecule has 124 valence electrons.